The lowest BCUT2D eigenvalue weighted by molar-refractivity contribution is -0.398. The molecule has 0 bridgehead atoms. The molecule has 0 aromatic rings. The summed E-state index contributed by atoms with van der Waals surface area (Å²) >= 11 is 0. The minimum Gasteiger partial charge on any atom is -0.394 e. The number of hydrogen-bond donors (Lipinski definition) is 31. The minimum atomic E-state index is -2.64. The first kappa shape index (κ1) is 105. The Morgan fingerprint density at radius 3 is 0.852 bits per heavy atom. The number of amides is 6. The van der Waals surface area contributed by atoms with Gasteiger partial charge >= 0.3 is 0 Å². The van der Waals surface area contributed by atoms with Crippen LogP contribution in [-0.4, -0.2) is 529 Å². The number of nitrogens with one attached hydrogen (secondary N) is 6. The lowest BCUT2D eigenvalue weighted by atomic mass is 9.93. The van der Waals surface area contributed by atoms with Gasteiger partial charge in [0.25, 0.3) is 0 Å². The van der Waals surface area contributed by atoms with Gasteiger partial charge in [0.05, 0.1) is 65.6 Å². The molecule has 31 N–H and O–H groups in total. The Morgan fingerprint density at radius 1 is 0.219 bits per heavy atom. The zero-order valence-electron chi connectivity index (χ0n) is 69.6. The number of aliphatic hydroxyl groups is 25. The first-order valence-electron chi connectivity index (χ1n) is 41.0. The molecule has 10 aliphatic rings. The maximum Gasteiger partial charge on any atom is 0.217 e. The summed E-state index contributed by atoms with van der Waals surface area (Å²) in [5.41, 5.74) is 0. The second-order valence-corrected chi connectivity index (χ2v) is 32.5. The molecule has 738 valence electrons. The number of rotatable bonds is 33. The van der Waals surface area contributed by atoms with Crippen molar-refractivity contribution < 1.29 is 246 Å². The Hall–Kier alpha value is -4.94. The van der Waals surface area contributed by atoms with Crippen LogP contribution in [0.4, 0.5) is 0 Å². The number of aliphatic hydroxyl groups excluding tert-OH is 25. The van der Waals surface area contributed by atoms with Gasteiger partial charge in [-0.15, -0.1) is 0 Å². The van der Waals surface area contributed by atoms with Crippen molar-refractivity contribution in [2.24, 2.45) is 0 Å². The molecule has 6 amide bonds. The lowest BCUT2D eigenvalue weighted by Crippen LogP contribution is -2.71. The average Bonchev–Trinajstić information content (AvgIpc) is 0.764. The Balaban J connectivity index is 0.993. The number of hydrogen-bond acceptors (Lipinski definition) is 50. The van der Waals surface area contributed by atoms with Gasteiger partial charge in [-0.3, -0.25) is 28.8 Å². The molecule has 10 rings (SSSR count). The van der Waals surface area contributed by atoms with E-state index in [-0.39, 0.29) is 0 Å². The summed E-state index contributed by atoms with van der Waals surface area (Å²) in [5, 5.41) is 297. The van der Waals surface area contributed by atoms with Crippen molar-refractivity contribution >= 4 is 35.4 Å². The Bertz CT molecular complexity index is 3550. The van der Waals surface area contributed by atoms with Gasteiger partial charge in [0.2, 0.25) is 35.4 Å². The highest BCUT2D eigenvalue weighted by atomic mass is 16.8. The normalized spacial score (nSPS) is 47.8. The van der Waals surface area contributed by atoms with Gasteiger partial charge in [0, 0.05) is 41.5 Å². The van der Waals surface area contributed by atoms with E-state index in [0.29, 0.717) is 0 Å². The number of carbonyl (C=O) groups is 6. The highest BCUT2D eigenvalue weighted by molar-refractivity contribution is 5.75. The average molecular weight is 1870 g/mol. The summed E-state index contributed by atoms with van der Waals surface area (Å²) in [5.74, 6) is -5.41. The molecule has 128 heavy (non-hydrogen) atoms. The van der Waals surface area contributed by atoms with E-state index >= 15 is 0 Å². The van der Waals surface area contributed by atoms with Crippen molar-refractivity contribution in [1.82, 2.24) is 31.9 Å². The van der Waals surface area contributed by atoms with Crippen molar-refractivity contribution in [2.75, 3.05) is 59.5 Å². The molecule has 0 radical (unpaired) electrons. The van der Waals surface area contributed by atoms with E-state index in [9.17, 15) is 156 Å². The fourth-order valence-corrected chi connectivity index (χ4v) is 16.6. The summed E-state index contributed by atoms with van der Waals surface area (Å²) in [4.78, 5) is 76.8. The van der Waals surface area contributed by atoms with Crippen molar-refractivity contribution in [1.29, 1.82) is 0 Å². The van der Waals surface area contributed by atoms with Crippen LogP contribution < -0.4 is 31.9 Å². The summed E-state index contributed by atoms with van der Waals surface area (Å²) in [7, 11) is 0. The van der Waals surface area contributed by atoms with E-state index in [0.717, 1.165) is 41.5 Å². The smallest absolute Gasteiger partial charge is 0.217 e. The van der Waals surface area contributed by atoms with Crippen LogP contribution in [0.3, 0.4) is 0 Å². The Labute approximate surface area is 726 Å². The lowest BCUT2D eigenvalue weighted by Gasteiger charge is -2.51. The van der Waals surface area contributed by atoms with Crippen LogP contribution in [0.2, 0.25) is 0 Å². The first-order valence-corrected chi connectivity index (χ1v) is 41.0. The predicted molar refractivity (Wildman–Crippen MR) is 398 cm³/mol. The fourth-order valence-electron chi connectivity index (χ4n) is 16.6. The highest BCUT2D eigenvalue weighted by Crippen LogP contribution is 2.41. The van der Waals surface area contributed by atoms with Crippen LogP contribution in [0.1, 0.15) is 48.5 Å². The van der Waals surface area contributed by atoms with Crippen LogP contribution in [-0.2, 0) is 119 Å². The topological polar surface area (TPSA) is 856 Å². The van der Waals surface area contributed by atoms with Gasteiger partial charge in [-0.05, 0) is 6.92 Å². The van der Waals surface area contributed by atoms with Crippen molar-refractivity contribution in [2.45, 2.75) is 355 Å². The van der Waals surface area contributed by atoms with Crippen molar-refractivity contribution in [3.05, 3.63) is 0 Å². The molecule has 50 atom stereocenters. The molecule has 0 aliphatic carbocycles. The molecular formula is C72H120N6O50. The molecule has 56 heteroatoms. The van der Waals surface area contributed by atoms with Crippen LogP contribution in [0.25, 0.3) is 0 Å². The molecule has 0 aromatic heterocycles. The van der Waals surface area contributed by atoms with Gasteiger partial charge < -0.3 is 250 Å². The molecule has 10 heterocycles. The number of carbonyl (C=O) groups excluding carboxylic acids is 6. The third kappa shape index (κ3) is 23.8. The molecule has 10 saturated heterocycles. The van der Waals surface area contributed by atoms with E-state index in [1.165, 1.54) is 6.92 Å². The second kappa shape index (κ2) is 46.1. The molecule has 10 aliphatic heterocycles. The molecule has 56 nitrogen and oxygen atoms in total. The monoisotopic (exact) mass is 1870 g/mol. The molecule has 10 fully saturated rings. The van der Waals surface area contributed by atoms with E-state index in [4.69, 9.17) is 90.0 Å². The quantitative estimate of drug-likeness (QED) is 0.0290. The highest BCUT2D eigenvalue weighted by Gasteiger charge is 2.62. The molecule has 0 saturated carbocycles. The largest absolute Gasteiger partial charge is 0.394 e. The fraction of sp³-hybridized carbons (Fsp3) is 0.917. The summed E-state index contributed by atoms with van der Waals surface area (Å²) < 4.78 is 114. The first-order chi connectivity index (χ1) is 60.5. The SMILES string of the molecule is CC(=O)N[C@@H]1[C@H](O[C@@H]2[C@@H](O[C@@H]3[C@H](O)[C@H](O[C@H]4[C@H](O)[C@@H](NC(C)=O)[C@H](O[C@H]5[C@H](O)[C@H](NC(C)=O)C(O)O[C@@H]5CO[C@@H]5O[C@@H](C)[C@@H](O)[C@@H](O)[C@@H]5O)O[C@@H]4CO)O[C@H](CO[C@H]4O[C@H](CO)[C@@H](O)[C@H](O)[C@@H]4O[C@@H]4O[C@H](CO)[C@@H](O[C@@H]5O[C@H](CO)[C@H](O)[C@H](O)[C@H]5NC(C)=O)[C@H](O)[C@H]4NC(C)=O)[C@H]3O)O[C@H](CO)[C@@H](O)[C@@H]2O)O[C@H](CO)[C@@H](O[C@@H]2O[C@H](CO)[C@H](O)[C@H](O)[C@H]2NC(C)=O)[C@@H]1O. The third-order valence-corrected chi connectivity index (χ3v) is 23.2. The van der Waals surface area contributed by atoms with Crippen LogP contribution >= 0.6 is 0 Å². The van der Waals surface area contributed by atoms with Crippen LogP contribution in [0.15, 0.2) is 0 Å². The molecule has 0 aromatic carbocycles. The Morgan fingerprint density at radius 2 is 0.484 bits per heavy atom. The summed E-state index contributed by atoms with van der Waals surface area (Å²) in [6.07, 6.45) is -90.9. The van der Waals surface area contributed by atoms with E-state index in [1.807, 2.05) is 0 Å². The standard InChI is InChI=1S/C72H120N6O50/c1-17-39(92)51(104)54(107)69(112-17)110-16-32-59(47(100)33(63(109)113-32)73-18(2)86)124-66-36(76-21(5)89)50(103)58(30(14-85)118-66)125-70-55(108)60(126-72-62(53(106)43(96)27(11-82)117-72)128-68-38(78-23(7)91)49(102)57(29(13-84)120-68)123-65-35(75-20(4)88)46(99)41(94)25(9-80)115-65)44(97)31(121-70)15-111-71-61(52(105)42(95)26(10-81)116-71)127-67-37(77-22(6)90)48(101)56(28(12-83)119-67)122-64-34(74-19(3)87)45(98)40(93)24(8-79)114-64/h17,24-72,79-85,92-109H,8-16H2,1-7H3,(H,73,86)(H,74,87)(H,75,88)(H,76,89)(H,77,90)(H,78,91)/t17-,24+,25+,26+,27+,28+,29+,30+,31+,32+,33-,34+,35+,36+,37+,38-,39+,40-,41-,42+,43+,44+,45+,46+,47+,48+,49+,50+,51+,52-,53-,54-,55-,56+,57+,58+,59+,60-,61-,62-,63?,64-,65-,66-,67-,68-,69+,70-,71-,72+/m0/s1. The summed E-state index contributed by atoms with van der Waals surface area (Å²) in [6, 6.07) is -11.1. The van der Waals surface area contributed by atoms with Gasteiger partial charge in [0.15, 0.2) is 62.9 Å². The van der Waals surface area contributed by atoms with E-state index in [2.05, 4.69) is 31.9 Å². The van der Waals surface area contributed by atoms with Gasteiger partial charge in [-0.2, -0.15) is 0 Å². The molecule has 1 unspecified atom stereocenters. The third-order valence-electron chi connectivity index (χ3n) is 23.2. The predicted octanol–water partition coefficient (Wildman–Crippen LogP) is -20.9. The Kier molecular flexibility index (Phi) is 37.8. The van der Waals surface area contributed by atoms with Crippen molar-refractivity contribution in [3.63, 3.8) is 0 Å². The molecular weight excluding hydrogens is 1750 g/mol. The van der Waals surface area contributed by atoms with Crippen molar-refractivity contribution in [3.8, 4) is 0 Å². The zero-order chi connectivity index (χ0) is 94.4. The zero-order valence-corrected chi connectivity index (χ0v) is 69.6. The molecule has 0 spiro atoms. The van der Waals surface area contributed by atoms with Crippen LogP contribution in [0.5, 0.6) is 0 Å². The van der Waals surface area contributed by atoms with E-state index in [1.54, 1.807) is 0 Å². The van der Waals surface area contributed by atoms with Gasteiger partial charge in [-0.25, -0.2) is 0 Å². The van der Waals surface area contributed by atoms with Crippen LogP contribution in [0, 0.1) is 0 Å². The van der Waals surface area contributed by atoms with E-state index < -0.39 is 402 Å². The van der Waals surface area contributed by atoms with Gasteiger partial charge in [-0.1, -0.05) is 0 Å². The maximum absolute atomic E-state index is 13.3. The minimum absolute atomic E-state index is 0.812. The summed E-state index contributed by atoms with van der Waals surface area (Å²) in [6.45, 7) is -2.88. The maximum atomic E-state index is 13.3. The number of ether oxygens (including phenoxy) is 19. The van der Waals surface area contributed by atoms with Gasteiger partial charge in [0.1, 0.15) is 238 Å². The second-order valence-electron chi connectivity index (χ2n) is 32.5.